The minimum atomic E-state index is 0.0303. The molecule has 0 aliphatic carbocycles. The van der Waals surface area contributed by atoms with Crippen molar-refractivity contribution < 1.29 is 0 Å². The van der Waals surface area contributed by atoms with E-state index in [1.807, 2.05) is 12.4 Å². The molecular weight excluding hydrogens is 220 g/mol. The second-order valence-corrected chi connectivity index (χ2v) is 6.95. The van der Waals surface area contributed by atoms with Crippen LogP contribution in [0, 0.1) is 0 Å². The summed E-state index contributed by atoms with van der Waals surface area (Å²) in [6.07, 6.45) is 3.77. The first-order valence-electron chi connectivity index (χ1n) is 6.45. The van der Waals surface area contributed by atoms with Gasteiger partial charge in [0, 0.05) is 34.3 Å². The van der Waals surface area contributed by atoms with E-state index in [0.717, 1.165) is 16.8 Å². The normalized spacial score (nSPS) is 13.0. The second kappa shape index (κ2) is 4.04. The number of aromatic nitrogens is 2. The summed E-state index contributed by atoms with van der Waals surface area (Å²) in [6.45, 7) is 13.2. The first-order chi connectivity index (χ1) is 8.19. The molecule has 18 heavy (non-hydrogen) atoms. The average molecular weight is 242 g/mol. The molecule has 2 aromatic rings. The summed E-state index contributed by atoms with van der Waals surface area (Å²) in [4.78, 5) is 9.14. The summed E-state index contributed by atoms with van der Waals surface area (Å²) >= 11 is 0. The second-order valence-electron chi connectivity index (χ2n) is 6.95. The van der Waals surface area contributed by atoms with Crippen LogP contribution in [0.1, 0.15) is 52.9 Å². The Hall–Kier alpha value is -1.44. The van der Waals surface area contributed by atoms with Crippen LogP contribution in [0.15, 0.2) is 24.5 Å². The summed E-state index contributed by atoms with van der Waals surface area (Å²) in [5.41, 5.74) is 2.38. The minimum Gasteiger partial charge on any atom is -0.264 e. The summed E-state index contributed by atoms with van der Waals surface area (Å²) in [5, 5.41) is 2.40. The maximum Gasteiger partial charge on any atom is 0.0554 e. The highest BCUT2D eigenvalue weighted by Gasteiger charge is 2.23. The first kappa shape index (κ1) is 13.0. The lowest BCUT2D eigenvalue weighted by Gasteiger charge is -2.25. The largest absolute Gasteiger partial charge is 0.264 e. The van der Waals surface area contributed by atoms with Crippen molar-refractivity contribution in [1.29, 1.82) is 0 Å². The molecule has 0 unspecified atom stereocenters. The van der Waals surface area contributed by atoms with Gasteiger partial charge >= 0.3 is 0 Å². The van der Waals surface area contributed by atoms with Crippen molar-refractivity contribution in [2.75, 3.05) is 0 Å². The summed E-state index contributed by atoms with van der Waals surface area (Å²) in [7, 11) is 0. The van der Waals surface area contributed by atoms with Gasteiger partial charge in [-0.1, -0.05) is 41.5 Å². The van der Waals surface area contributed by atoms with E-state index >= 15 is 0 Å². The molecule has 0 aliphatic heterocycles. The van der Waals surface area contributed by atoms with Crippen molar-refractivity contribution in [1.82, 2.24) is 9.97 Å². The van der Waals surface area contributed by atoms with Crippen LogP contribution in [0.2, 0.25) is 0 Å². The van der Waals surface area contributed by atoms with Crippen LogP contribution in [-0.2, 0) is 10.8 Å². The highest BCUT2D eigenvalue weighted by molar-refractivity contribution is 5.85. The maximum atomic E-state index is 4.90. The fourth-order valence-corrected chi connectivity index (χ4v) is 2.05. The van der Waals surface area contributed by atoms with Crippen molar-refractivity contribution in [2.45, 2.75) is 52.4 Å². The topological polar surface area (TPSA) is 25.8 Å². The Labute approximate surface area is 109 Å². The molecule has 2 aromatic heterocycles. The van der Waals surface area contributed by atoms with Gasteiger partial charge in [0.15, 0.2) is 0 Å². The molecule has 0 bridgehead atoms. The molecular formula is C16H22N2. The Morgan fingerprint density at radius 1 is 0.944 bits per heavy atom. The highest BCUT2D eigenvalue weighted by Crippen LogP contribution is 2.31. The highest BCUT2D eigenvalue weighted by atomic mass is 14.8. The molecule has 2 heteroatoms. The molecule has 0 fully saturated rings. The number of rotatable bonds is 0. The number of nitrogens with zero attached hydrogens (tertiary/aromatic N) is 2. The molecule has 0 spiro atoms. The summed E-state index contributed by atoms with van der Waals surface area (Å²) in [5.74, 6) is 0. The van der Waals surface area contributed by atoms with E-state index < -0.39 is 0 Å². The Balaban J connectivity index is 2.81. The van der Waals surface area contributed by atoms with Crippen LogP contribution in [0.25, 0.3) is 10.8 Å². The lowest BCUT2D eigenvalue weighted by molar-refractivity contribution is 0.536. The van der Waals surface area contributed by atoms with Gasteiger partial charge in [0.2, 0.25) is 0 Å². The van der Waals surface area contributed by atoms with E-state index in [2.05, 4.69) is 58.7 Å². The van der Waals surface area contributed by atoms with Crippen molar-refractivity contribution in [3.63, 3.8) is 0 Å². The molecule has 0 aliphatic rings. The van der Waals surface area contributed by atoms with Gasteiger partial charge in [-0.25, -0.2) is 0 Å². The van der Waals surface area contributed by atoms with Gasteiger partial charge in [0.1, 0.15) is 0 Å². The fraction of sp³-hybridized carbons (Fsp3) is 0.500. The molecule has 0 radical (unpaired) electrons. The Kier molecular flexibility index (Phi) is 2.92. The van der Waals surface area contributed by atoms with Gasteiger partial charge in [0.05, 0.1) is 5.69 Å². The van der Waals surface area contributed by atoms with E-state index in [0.29, 0.717) is 0 Å². The van der Waals surface area contributed by atoms with E-state index in [-0.39, 0.29) is 10.8 Å². The van der Waals surface area contributed by atoms with Crippen molar-refractivity contribution in [3.05, 3.63) is 35.9 Å². The molecule has 0 atom stereocenters. The first-order valence-corrected chi connectivity index (χ1v) is 6.45. The van der Waals surface area contributed by atoms with Crippen LogP contribution in [0.5, 0.6) is 0 Å². The van der Waals surface area contributed by atoms with E-state index in [9.17, 15) is 0 Å². The molecule has 2 heterocycles. The van der Waals surface area contributed by atoms with Crippen LogP contribution in [0.4, 0.5) is 0 Å². The standard InChI is InChI=1S/C16H22N2/c1-15(2,3)13-9-11-7-8-17-10-12(11)14(18-13)16(4,5)6/h7-10H,1-6H3. The van der Waals surface area contributed by atoms with Gasteiger partial charge < -0.3 is 0 Å². The lowest BCUT2D eigenvalue weighted by Crippen LogP contribution is -2.20. The van der Waals surface area contributed by atoms with E-state index in [1.54, 1.807) is 0 Å². The maximum absolute atomic E-state index is 4.90. The average Bonchev–Trinajstić information content (AvgIpc) is 2.25. The van der Waals surface area contributed by atoms with E-state index in [1.165, 1.54) is 5.39 Å². The number of fused-ring (bicyclic) bond motifs is 1. The quantitative estimate of drug-likeness (QED) is 0.691. The fourth-order valence-electron chi connectivity index (χ4n) is 2.05. The zero-order chi connectivity index (χ0) is 13.6. The van der Waals surface area contributed by atoms with Gasteiger partial charge in [0.25, 0.3) is 0 Å². The lowest BCUT2D eigenvalue weighted by atomic mass is 9.85. The Bertz CT molecular complexity index is 572. The van der Waals surface area contributed by atoms with Crippen LogP contribution in [0.3, 0.4) is 0 Å². The van der Waals surface area contributed by atoms with Crippen LogP contribution in [-0.4, -0.2) is 9.97 Å². The molecule has 96 valence electrons. The molecule has 0 aromatic carbocycles. The molecule has 0 saturated heterocycles. The predicted molar refractivity (Wildman–Crippen MR) is 76.9 cm³/mol. The van der Waals surface area contributed by atoms with Crippen molar-refractivity contribution in [2.24, 2.45) is 0 Å². The van der Waals surface area contributed by atoms with Gasteiger partial charge in [-0.2, -0.15) is 0 Å². The summed E-state index contributed by atoms with van der Waals surface area (Å²) in [6, 6.07) is 4.26. The third kappa shape index (κ3) is 2.38. The third-order valence-corrected chi connectivity index (χ3v) is 3.11. The predicted octanol–water partition coefficient (Wildman–Crippen LogP) is 4.22. The SMILES string of the molecule is CC(C)(C)c1cc2ccncc2c(C(C)(C)C)n1. The molecule has 2 nitrogen and oxygen atoms in total. The smallest absolute Gasteiger partial charge is 0.0554 e. The zero-order valence-electron chi connectivity index (χ0n) is 12.2. The number of pyridine rings is 2. The number of hydrogen-bond acceptors (Lipinski definition) is 2. The molecule has 0 saturated carbocycles. The van der Waals surface area contributed by atoms with E-state index in [4.69, 9.17) is 4.98 Å². The molecule has 2 rings (SSSR count). The van der Waals surface area contributed by atoms with Crippen molar-refractivity contribution >= 4 is 10.8 Å². The van der Waals surface area contributed by atoms with Crippen LogP contribution >= 0.6 is 0 Å². The van der Waals surface area contributed by atoms with Gasteiger partial charge in [-0.3, -0.25) is 9.97 Å². The van der Waals surface area contributed by atoms with Gasteiger partial charge in [-0.15, -0.1) is 0 Å². The number of hydrogen-bond donors (Lipinski definition) is 0. The minimum absolute atomic E-state index is 0.0303. The molecule has 0 amide bonds. The Morgan fingerprint density at radius 3 is 2.17 bits per heavy atom. The molecule has 0 N–H and O–H groups in total. The van der Waals surface area contributed by atoms with Crippen LogP contribution < -0.4 is 0 Å². The zero-order valence-corrected chi connectivity index (χ0v) is 12.2. The monoisotopic (exact) mass is 242 g/mol. The Morgan fingerprint density at radius 2 is 1.61 bits per heavy atom. The third-order valence-electron chi connectivity index (χ3n) is 3.11. The van der Waals surface area contributed by atoms with Gasteiger partial charge in [-0.05, 0) is 17.5 Å². The summed E-state index contributed by atoms with van der Waals surface area (Å²) < 4.78 is 0. The van der Waals surface area contributed by atoms with Crippen molar-refractivity contribution in [3.8, 4) is 0 Å².